The first kappa shape index (κ1) is 18.2. The van der Waals surface area contributed by atoms with E-state index in [0.29, 0.717) is 24.6 Å². The molecule has 0 spiro atoms. The Bertz CT molecular complexity index is 941. The number of aromatic amines is 1. The first-order valence-corrected chi connectivity index (χ1v) is 9.71. The molecule has 2 aromatic carbocycles. The van der Waals surface area contributed by atoms with E-state index in [1.54, 1.807) is 19.1 Å². The van der Waals surface area contributed by atoms with Crippen LogP contribution in [-0.2, 0) is 4.79 Å². The Balaban J connectivity index is 1.33. The van der Waals surface area contributed by atoms with Crippen molar-refractivity contribution in [2.45, 2.75) is 31.7 Å². The summed E-state index contributed by atoms with van der Waals surface area (Å²) in [5.41, 5.74) is 2.59. The second kappa shape index (κ2) is 7.84. The summed E-state index contributed by atoms with van der Waals surface area (Å²) in [5.74, 6) is 1.07. The van der Waals surface area contributed by atoms with Gasteiger partial charge in [0.05, 0.1) is 11.0 Å². The minimum atomic E-state index is -0.546. The van der Waals surface area contributed by atoms with Gasteiger partial charge in [0.15, 0.2) is 0 Å². The molecule has 0 aliphatic carbocycles. The average molecular weight is 376 g/mol. The highest BCUT2D eigenvalue weighted by atomic mass is 16.2. The average Bonchev–Trinajstić information content (AvgIpc) is 3.18. The molecule has 144 valence electrons. The van der Waals surface area contributed by atoms with Crippen LogP contribution in [0.4, 0.5) is 0 Å². The number of hydrogen-bond acceptors (Lipinski definition) is 3. The zero-order valence-corrected chi connectivity index (χ0v) is 15.9. The molecule has 0 bridgehead atoms. The molecule has 28 heavy (non-hydrogen) atoms. The third-order valence-corrected chi connectivity index (χ3v) is 5.36. The van der Waals surface area contributed by atoms with Crippen LogP contribution >= 0.6 is 0 Å². The van der Waals surface area contributed by atoms with Gasteiger partial charge < -0.3 is 15.2 Å². The van der Waals surface area contributed by atoms with Crippen molar-refractivity contribution in [3.63, 3.8) is 0 Å². The van der Waals surface area contributed by atoms with Gasteiger partial charge in [0.2, 0.25) is 5.91 Å². The Hall–Kier alpha value is -3.15. The number of hydrogen-bond donors (Lipinski definition) is 2. The summed E-state index contributed by atoms with van der Waals surface area (Å²) < 4.78 is 0. The molecule has 3 aromatic rings. The molecule has 1 fully saturated rings. The lowest BCUT2D eigenvalue weighted by Gasteiger charge is -2.33. The summed E-state index contributed by atoms with van der Waals surface area (Å²) in [6, 6.07) is 16.4. The van der Waals surface area contributed by atoms with Crippen LogP contribution in [0.1, 0.15) is 41.9 Å². The zero-order chi connectivity index (χ0) is 19.5. The van der Waals surface area contributed by atoms with E-state index in [1.165, 1.54) is 0 Å². The van der Waals surface area contributed by atoms with Crippen molar-refractivity contribution < 1.29 is 9.59 Å². The second-order valence-corrected chi connectivity index (χ2v) is 7.30. The molecule has 2 amide bonds. The van der Waals surface area contributed by atoms with Gasteiger partial charge in [-0.3, -0.25) is 9.59 Å². The predicted octanol–water partition coefficient (Wildman–Crippen LogP) is 3.09. The van der Waals surface area contributed by atoms with E-state index in [1.807, 2.05) is 47.4 Å². The molecule has 1 aliphatic rings. The number of carbonyl (C=O) groups excluding carboxylic acids is 2. The number of aromatic nitrogens is 2. The molecule has 1 aromatic heterocycles. The Morgan fingerprint density at radius 3 is 2.46 bits per heavy atom. The van der Waals surface area contributed by atoms with Crippen molar-refractivity contribution >= 4 is 22.8 Å². The van der Waals surface area contributed by atoms with Crippen LogP contribution in [0, 0.1) is 0 Å². The van der Waals surface area contributed by atoms with E-state index in [9.17, 15) is 9.59 Å². The van der Waals surface area contributed by atoms with Gasteiger partial charge in [0, 0.05) is 24.6 Å². The first-order chi connectivity index (χ1) is 13.6. The standard InChI is InChI=1S/C22H24N4O2/c1-15(23-21(27)17-7-3-2-4-8-17)22(28)26-13-11-16(12-14-26)20-24-18-9-5-6-10-19(18)25-20/h2-10,15-16H,11-14H2,1H3,(H,23,27)(H,24,25). The molecule has 2 heterocycles. The number of amides is 2. The van der Waals surface area contributed by atoms with E-state index < -0.39 is 6.04 Å². The number of piperidine rings is 1. The molecular formula is C22H24N4O2. The number of carbonyl (C=O) groups is 2. The number of likely N-dealkylation sites (tertiary alicyclic amines) is 1. The largest absolute Gasteiger partial charge is 0.342 e. The van der Waals surface area contributed by atoms with Crippen LogP contribution in [0.3, 0.4) is 0 Å². The van der Waals surface area contributed by atoms with E-state index in [0.717, 1.165) is 29.7 Å². The quantitative estimate of drug-likeness (QED) is 0.734. The van der Waals surface area contributed by atoms with E-state index in [-0.39, 0.29) is 11.8 Å². The summed E-state index contributed by atoms with van der Waals surface area (Å²) in [5, 5.41) is 2.81. The van der Waals surface area contributed by atoms with E-state index in [4.69, 9.17) is 4.98 Å². The number of nitrogens with one attached hydrogen (secondary N) is 2. The molecular weight excluding hydrogens is 352 g/mol. The summed E-state index contributed by atoms with van der Waals surface area (Å²) in [4.78, 5) is 35.0. The molecule has 1 atom stereocenters. The number of rotatable bonds is 4. The maximum absolute atomic E-state index is 12.7. The molecule has 0 radical (unpaired) electrons. The van der Waals surface area contributed by atoms with Crippen LogP contribution in [0.2, 0.25) is 0 Å². The zero-order valence-electron chi connectivity index (χ0n) is 15.9. The van der Waals surface area contributed by atoms with Crippen molar-refractivity contribution in [1.82, 2.24) is 20.2 Å². The van der Waals surface area contributed by atoms with Crippen molar-refractivity contribution in [2.24, 2.45) is 0 Å². The van der Waals surface area contributed by atoms with Crippen LogP contribution in [0.15, 0.2) is 54.6 Å². The lowest BCUT2D eigenvalue weighted by molar-refractivity contribution is -0.133. The SMILES string of the molecule is CC(NC(=O)c1ccccc1)C(=O)N1CCC(c2nc3ccccc3[nH]2)CC1. The molecule has 1 unspecified atom stereocenters. The minimum absolute atomic E-state index is 0.0349. The van der Waals surface area contributed by atoms with Crippen molar-refractivity contribution in [3.05, 3.63) is 66.0 Å². The van der Waals surface area contributed by atoms with Crippen LogP contribution < -0.4 is 5.32 Å². The third-order valence-electron chi connectivity index (χ3n) is 5.36. The fourth-order valence-electron chi connectivity index (χ4n) is 3.74. The molecule has 1 aliphatic heterocycles. The topological polar surface area (TPSA) is 78.1 Å². The van der Waals surface area contributed by atoms with E-state index >= 15 is 0 Å². The van der Waals surface area contributed by atoms with E-state index in [2.05, 4.69) is 10.3 Å². The van der Waals surface area contributed by atoms with Crippen LogP contribution in [0.25, 0.3) is 11.0 Å². The third kappa shape index (κ3) is 3.76. The van der Waals surface area contributed by atoms with Gasteiger partial charge in [-0.1, -0.05) is 30.3 Å². The van der Waals surface area contributed by atoms with Gasteiger partial charge in [-0.05, 0) is 44.0 Å². The van der Waals surface area contributed by atoms with Crippen LogP contribution in [0.5, 0.6) is 0 Å². The monoisotopic (exact) mass is 376 g/mol. The lowest BCUT2D eigenvalue weighted by Crippen LogP contribution is -2.49. The number of H-pyrrole nitrogens is 1. The van der Waals surface area contributed by atoms with Gasteiger partial charge in [0.25, 0.3) is 5.91 Å². The molecule has 0 saturated carbocycles. The number of nitrogens with zero attached hydrogens (tertiary/aromatic N) is 2. The number of para-hydroxylation sites is 2. The van der Waals surface area contributed by atoms with Crippen molar-refractivity contribution in [3.8, 4) is 0 Å². The Morgan fingerprint density at radius 2 is 1.75 bits per heavy atom. The smallest absolute Gasteiger partial charge is 0.251 e. The maximum atomic E-state index is 12.7. The maximum Gasteiger partial charge on any atom is 0.251 e. The lowest BCUT2D eigenvalue weighted by atomic mass is 9.95. The van der Waals surface area contributed by atoms with Gasteiger partial charge in [0.1, 0.15) is 11.9 Å². The molecule has 6 nitrogen and oxygen atoms in total. The summed E-state index contributed by atoms with van der Waals surface area (Å²) in [6.07, 6.45) is 1.73. The fraction of sp³-hybridized carbons (Fsp3) is 0.318. The van der Waals surface area contributed by atoms with Crippen molar-refractivity contribution in [2.75, 3.05) is 13.1 Å². The first-order valence-electron chi connectivity index (χ1n) is 9.71. The summed E-state index contributed by atoms with van der Waals surface area (Å²) in [6.45, 7) is 3.09. The van der Waals surface area contributed by atoms with Gasteiger partial charge >= 0.3 is 0 Å². The highest BCUT2D eigenvalue weighted by molar-refractivity contribution is 5.97. The van der Waals surface area contributed by atoms with Crippen LogP contribution in [-0.4, -0.2) is 45.8 Å². The second-order valence-electron chi connectivity index (χ2n) is 7.30. The Labute approximate surface area is 164 Å². The molecule has 6 heteroatoms. The summed E-state index contributed by atoms with van der Waals surface area (Å²) >= 11 is 0. The number of fused-ring (bicyclic) bond motifs is 1. The van der Waals surface area contributed by atoms with Gasteiger partial charge in [-0.15, -0.1) is 0 Å². The molecule has 2 N–H and O–H groups in total. The number of benzene rings is 2. The number of imidazole rings is 1. The van der Waals surface area contributed by atoms with Crippen molar-refractivity contribution in [1.29, 1.82) is 0 Å². The van der Waals surface area contributed by atoms with Gasteiger partial charge in [-0.25, -0.2) is 4.98 Å². The normalized spacial score (nSPS) is 16.1. The Morgan fingerprint density at radius 1 is 1.07 bits per heavy atom. The highest BCUT2D eigenvalue weighted by Crippen LogP contribution is 2.27. The minimum Gasteiger partial charge on any atom is -0.342 e. The van der Waals surface area contributed by atoms with Gasteiger partial charge in [-0.2, -0.15) is 0 Å². The Kier molecular flexibility index (Phi) is 5.10. The fourth-order valence-corrected chi connectivity index (χ4v) is 3.74. The highest BCUT2D eigenvalue weighted by Gasteiger charge is 2.28. The predicted molar refractivity (Wildman–Crippen MR) is 108 cm³/mol. The molecule has 1 saturated heterocycles. The summed E-state index contributed by atoms with van der Waals surface area (Å²) in [7, 11) is 0. The molecule has 4 rings (SSSR count).